The Bertz CT molecular complexity index is 283. The van der Waals surface area contributed by atoms with Crippen molar-refractivity contribution < 1.29 is 4.79 Å². The summed E-state index contributed by atoms with van der Waals surface area (Å²) in [5.41, 5.74) is 2.64. The van der Waals surface area contributed by atoms with Crippen LogP contribution in [-0.2, 0) is 4.79 Å². The van der Waals surface area contributed by atoms with Gasteiger partial charge in [-0.15, -0.1) is 11.3 Å². The van der Waals surface area contributed by atoms with Crippen LogP contribution in [0.4, 0.5) is 5.00 Å². The first-order valence-corrected chi connectivity index (χ1v) is 5.32. The number of aromatic nitrogens is 1. The van der Waals surface area contributed by atoms with Gasteiger partial charge in [-0.05, 0) is 13.3 Å². The number of anilines is 1. The Labute approximate surface area is 82.2 Å². The predicted octanol–water partition coefficient (Wildman–Crippen LogP) is 2.58. The second-order valence-corrected chi connectivity index (χ2v) is 3.77. The molecule has 1 N–H and O–H groups in total. The minimum absolute atomic E-state index is 0.0919. The van der Waals surface area contributed by atoms with Crippen LogP contribution in [0.15, 0.2) is 5.51 Å². The van der Waals surface area contributed by atoms with Crippen molar-refractivity contribution in [2.45, 2.75) is 33.1 Å². The number of hydrogen-bond acceptors (Lipinski definition) is 3. The Kier molecular flexibility index (Phi) is 3.89. The number of carbonyl (C=O) groups excluding carboxylic acids is 1. The molecule has 3 nitrogen and oxygen atoms in total. The van der Waals surface area contributed by atoms with E-state index >= 15 is 0 Å². The molecule has 0 saturated heterocycles. The van der Waals surface area contributed by atoms with E-state index in [4.69, 9.17) is 0 Å². The highest BCUT2D eigenvalue weighted by Gasteiger charge is 2.05. The van der Waals surface area contributed by atoms with Crippen LogP contribution in [0.1, 0.15) is 31.9 Å². The third kappa shape index (κ3) is 3.14. The number of unbranched alkanes of at least 4 members (excludes halogenated alkanes) is 1. The van der Waals surface area contributed by atoms with Gasteiger partial charge in [0.1, 0.15) is 5.00 Å². The molecule has 72 valence electrons. The lowest BCUT2D eigenvalue weighted by molar-refractivity contribution is -0.116. The topological polar surface area (TPSA) is 42.0 Å². The van der Waals surface area contributed by atoms with E-state index in [1.165, 1.54) is 11.3 Å². The molecule has 0 unspecified atom stereocenters. The summed E-state index contributed by atoms with van der Waals surface area (Å²) < 4.78 is 0. The zero-order valence-electron chi connectivity index (χ0n) is 7.96. The average molecular weight is 198 g/mol. The minimum atomic E-state index is 0.0919. The molecule has 4 heteroatoms. The van der Waals surface area contributed by atoms with Crippen LogP contribution >= 0.6 is 11.3 Å². The van der Waals surface area contributed by atoms with E-state index < -0.39 is 0 Å². The van der Waals surface area contributed by atoms with E-state index in [1.54, 1.807) is 5.51 Å². The fourth-order valence-corrected chi connectivity index (χ4v) is 1.66. The standard InChI is InChI=1S/C9H14N2OS/c1-3-4-5-8(12)11-9-7(2)10-6-13-9/h6H,3-5H2,1-2H3,(H,11,12). The number of thiazole rings is 1. The molecule has 0 atom stereocenters. The molecule has 13 heavy (non-hydrogen) atoms. The highest BCUT2D eigenvalue weighted by molar-refractivity contribution is 7.14. The summed E-state index contributed by atoms with van der Waals surface area (Å²) in [5.74, 6) is 0.0919. The lowest BCUT2D eigenvalue weighted by Gasteiger charge is -2.01. The molecule has 0 spiro atoms. The molecule has 1 rings (SSSR count). The van der Waals surface area contributed by atoms with Crippen molar-refractivity contribution in [2.24, 2.45) is 0 Å². The summed E-state index contributed by atoms with van der Waals surface area (Å²) in [6, 6.07) is 0. The zero-order valence-corrected chi connectivity index (χ0v) is 8.78. The first kappa shape index (κ1) is 10.2. The molecule has 0 aromatic carbocycles. The summed E-state index contributed by atoms with van der Waals surface area (Å²) in [5, 5.41) is 3.72. The van der Waals surface area contributed by atoms with Gasteiger partial charge in [0.25, 0.3) is 0 Å². The van der Waals surface area contributed by atoms with Gasteiger partial charge in [0.15, 0.2) is 0 Å². The molecule has 1 heterocycles. The zero-order chi connectivity index (χ0) is 9.68. The van der Waals surface area contributed by atoms with Gasteiger partial charge in [-0.1, -0.05) is 13.3 Å². The molecule has 0 aliphatic rings. The van der Waals surface area contributed by atoms with Crippen LogP contribution in [-0.4, -0.2) is 10.9 Å². The van der Waals surface area contributed by atoms with Crippen LogP contribution in [0.5, 0.6) is 0 Å². The van der Waals surface area contributed by atoms with Crippen molar-refractivity contribution >= 4 is 22.2 Å². The molecular formula is C9H14N2OS. The van der Waals surface area contributed by atoms with E-state index in [-0.39, 0.29) is 5.91 Å². The normalized spacial score (nSPS) is 10.0. The van der Waals surface area contributed by atoms with E-state index in [0.29, 0.717) is 6.42 Å². The minimum Gasteiger partial charge on any atom is -0.316 e. The second-order valence-electron chi connectivity index (χ2n) is 2.92. The highest BCUT2D eigenvalue weighted by atomic mass is 32.1. The fourth-order valence-electron chi connectivity index (χ4n) is 0.948. The molecule has 1 aromatic rings. The lowest BCUT2D eigenvalue weighted by atomic mass is 10.2. The first-order chi connectivity index (χ1) is 6.24. The number of nitrogens with zero attached hydrogens (tertiary/aromatic N) is 1. The largest absolute Gasteiger partial charge is 0.316 e. The van der Waals surface area contributed by atoms with Gasteiger partial charge in [0, 0.05) is 6.42 Å². The third-order valence-corrected chi connectivity index (χ3v) is 2.60. The number of hydrogen-bond donors (Lipinski definition) is 1. The van der Waals surface area contributed by atoms with Gasteiger partial charge >= 0.3 is 0 Å². The summed E-state index contributed by atoms with van der Waals surface area (Å²) in [7, 11) is 0. The van der Waals surface area contributed by atoms with Crippen LogP contribution in [0.3, 0.4) is 0 Å². The van der Waals surface area contributed by atoms with Crippen molar-refractivity contribution in [3.05, 3.63) is 11.2 Å². The first-order valence-electron chi connectivity index (χ1n) is 4.44. The molecular weight excluding hydrogens is 184 g/mol. The second kappa shape index (κ2) is 4.97. The molecule has 0 radical (unpaired) electrons. The number of carbonyl (C=O) groups is 1. The molecule has 0 saturated carbocycles. The van der Waals surface area contributed by atoms with Crippen LogP contribution in [0.25, 0.3) is 0 Å². The molecule has 1 aromatic heterocycles. The lowest BCUT2D eigenvalue weighted by Crippen LogP contribution is -2.10. The molecule has 1 amide bonds. The van der Waals surface area contributed by atoms with Gasteiger partial charge in [0.05, 0.1) is 11.2 Å². The van der Waals surface area contributed by atoms with Gasteiger partial charge in [0.2, 0.25) is 5.91 Å². The highest BCUT2D eigenvalue weighted by Crippen LogP contribution is 2.18. The average Bonchev–Trinajstić information content (AvgIpc) is 2.48. The maximum absolute atomic E-state index is 11.3. The molecule has 0 aliphatic heterocycles. The summed E-state index contributed by atoms with van der Waals surface area (Å²) in [6.07, 6.45) is 2.60. The fraction of sp³-hybridized carbons (Fsp3) is 0.556. The number of amides is 1. The molecule has 0 bridgehead atoms. The van der Waals surface area contributed by atoms with Gasteiger partial charge in [-0.2, -0.15) is 0 Å². The number of nitrogens with one attached hydrogen (secondary N) is 1. The number of aryl methyl sites for hydroxylation is 1. The van der Waals surface area contributed by atoms with E-state index in [9.17, 15) is 4.79 Å². The van der Waals surface area contributed by atoms with Crippen molar-refractivity contribution in [3.8, 4) is 0 Å². The maximum Gasteiger partial charge on any atom is 0.225 e. The van der Waals surface area contributed by atoms with Crippen molar-refractivity contribution in [3.63, 3.8) is 0 Å². The quantitative estimate of drug-likeness (QED) is 0.808. The summed E-state index contributed by atoms with van der Waals surface area (Å²) in [6.45, 7) is 3.97. The Morgan fingerprint density at radius 1 is 1.69 bits per heavy atom. The maximum atomic E-state index is 11.3. The van der Waals surface area contributed by atoms with E-state index in [1.807, 2.05) is 6.92 Å². The molecule has 0 fully saturated rings. The van der Waals surface area contributed by atoms with Crippen molar-refractivity contribution in [2.75, 3.05) is 5.32 Å². The Morgan fingerprint density at radius 3 is 3.00 bits per heavy atom. The Balaban J connectivity index is 2.41. The predicted molar refractivity (Wildman–Crippen MR) is 55.0 cm³/mol. The Morgan fingerprint density at radius 2 is 2.46 bits per heavy atom. The van der Waals surface area contributed by atoms with Gasteiger partial charge in [-0.25, -0.2) is 4.98 Å². The monoisotopic (exact) mass is 198 g/mol. The summed E-state index contributed by atoms with van der Waals surface area (Å²) in [4.78, 5) is 15.3. The van der Waals surface area contributed by atoms with Gasteiger partial charge in [-0.3, -0.25) is 4.79 Å². The van der Waals surface area contributed by atoms with Gasteiger partial charge < -0.3 is 5.32 Å². The smallest absolute Gasteiger partial charge is 0.225 e. The third-order valence-electron chi connectivity index (χ3n) is 1.76. The van der Waals surface area contributed by atoms with E-state index in [2.05, 4.69) is 17.2 Å². The molecule has 0 aliphatic carbocycles. The van der Waals surface area contributed by atoms with E-state index in [0.717, 1.165) is 23.5 Å². The Hall–Kier alpha value is -0.900. The SMILES string of the molecule is CCCCC(=O)Nc1scnc1C. The van der Waals surface area contributed by atoms with Crippen LogP contribution in [0, 0.1) is 6.92 Å². The van der Waals surface area contributed by atoms with Crippen LogP contribution < -0.4 is 5.32 Å². The van der Waals surface area contributed by atoms with Crippen molar-refractivity contribution in [1.29, 1.82) is 0 Å². The van der Waals surface area contributed by atoms with Crippen LogP contribution in [0.2, 0.25) is 0 Å². The summed E-state index contributed by atoms with van der Waals surface area (Å²) >= 11 is 1.47. The van der Waals surface area contributed by atoms with Crippen molar-refractivity contribution in [1.82, 2.24) is 4.98 Å². The number of rotatable bonds is 4.